The molecule has 0 atom stereocenters. The maximum absolute atomic E-state index is 13.3. The van der Waals surface area contributed by atoms with E-state index in [0.717, 1.165) is 23.9 Å². The molecule has 2 rings (SSSR count). The molecular formula is C11H8F2N4O3S. The van der Waals surface area contributed by atoms with Crippen LogP contribution in [0.4, 0.5) is 14.5 Å². The van der Waals surface area contributed by atoms with Crippen molar-refractivity contribution in [3.05, 3.63) is 50.7 Å². The molecule has 0 aliphatic carbocycles. The summed E-state index contributed by atoms with van der Waals surface area (Å²) in [4.78, 5) is 35.6. The summed E-state index contributed by atoms with van der Waals surface area (Å²) in [5.41, 5.74) is -1.67. The fraction of sp³-hybridized carbons (Fsp3) is 0.0909. The Bertz CT molecular complexity index is 790. The molecule has 0 fully saturated rings. The molecule has 0 spiro atoms. The molecule has 1 heterocycles. The standard InChI is InChI=1S/C11H8F2N4O3S/c12-5-1-2-7(6(13)3-5)14-8(18)4-21-10-9(19)15-11(20)17-16-10/h1-3H,4H2,(H,14,18)(H2,15,17,19,20). The number of carbonyl (C=O) groups excluding carboxylic acids is 1. The van der Waals surface area contributed by atoms with E-state index < -0.39 is 28.8 Å². The number of thioether (sulfide) groups is 1. The first-order valence-electron chi connectivity index (χ1n) is 5.52. The number of hydrogen-bond acceptors (Lipinski definition) is 5. The zero-order valence-electron chi connectivity index (χ0n) is 10.3. The minimum Gasteiger partial charge on any atom is -0.323 e. The fourth-order valence-electron chi connectivity index (χ4n) is 1.35. The molecule has 110 valence electrons. The molecule has 10 heteroatoms. The first-order valence-corrected chi connectivity index (χ1v) is 6.51. The quantitative estimate of drug-likeness (QED) is 0.711. The Hall–Kier alpha value is -2.49. The lowest BCUT2D eigenvalue weighted by Crippen LogP contribution is -2.25. The smallest absolute Gasteiger partial charge is 0.323 e. The zero-order chi connectivity index (χ0) is 15.4. The number of aromatic amines is 2. The summed E-state index contributed by atoms with van der Waals surface area (Å²) < 4.78 is 26.0. The van der Waals surface area contributed by atoms with Crippen LogP contribution < -0.4 is 16.6 Å². The van der Waals surface area contributed by atoms with Gasteiger partial charge in [0.15, 0.2) is 5.03 Å². The average molecular weight is 314 g/mol. The number of amides is 1. The van der Waals surface area contributed by atoms with Gasteiger partial charge >= 0.3 is 5.69 Å². The van der Waals surface area contributed by atoms with Crippen molar-refractivity contribution in [1.82, 2.24) is 15.2 Å². The predicted molar refractivity (Wildman–Crippen MR) is 71.2 cm³/mol. The molecule has 1 aromatic carbocycles. The second-order valence-corrected chi connectivity index (χ2v) is 4.74. The molecule has 0 aliphatic rings. The van der Waals surface area contributed by atoms with E-state index in [1.54, 1.807) is 0 Å². The topological polar surface area (TPSA) is 108 Å². The fourth-order valence-corrected chi connectivity index (χ4v) is 1.98. The number of benzene rings is 1. The van der Waals surface area contributed by atoms with Gasteiger partial charge in [-0.3, -0.25) is 14.6 Å². The van der Waals surface area contributed by atoms with E-state index in [1.165, 1.54) is 0 Å². The third-order valence-corrected chi connectivity index (χ3v) is 3.18. The molecule has 1 aromatic heterocycles. The van der Waals surface area contributed by atoms with Crippen LogP contribution in [0.3, 0.4) is 0 Å². The number of halogens is 2. The summed E-state index contributed by atoms with van der Waals surface area (Å²) in [6, 6.07) is 2.72. The third kappa shape index (κ3) is 3.99. The summed E-state index contributed by atoms with van der Waals surface area (Å²) in [7, 11) is 0. The van der Waals surface area contributed by atoms with Gasteiger partial charge in [0.25, 0.3) is 5.56 Å². The minimum absolute atomic E-state index is 0.107. The largest absolute Gasteiger partial charge is 0.342 e. The van der Waals surface area contributed by atoms with E-state index in [2.05, 4.69) is 10.4 Å². The molecule has 0 bridgehead atoms. The van der Waals surface area contributed by atoms with Crippen molar-refractivity contribution in [2.24, 2.45) is 0 Å². The second kappa shape index (κ2) is 6.31. The number of nitrogens with zero attached hydrogens (tertiary/aromatic N) is 1. The number of rotatable bonds is 4. The maximum atomic E-state index is 13.3. The Balaban J connectivity index is 1.99. The van der Waals surface area contributed by atoms with E-state index in [0.29, 0.717) is 6.07 Å². The van der Waals surface area contributed by atoms with Crippen molar-refractivity contribution in [2.45, 2.75) is 5.03 Å². The Morgan fingerprint density at radius 1 is 1.33 bits per heavy atom. The molecule has 3 N–H and O–H groups in total. The van der Waals surface area contributed by atoms with Gasteiger partial charge in [-0.2, -0.15) is 5.10 Å². The average Bonchev–Trinajstić information content (AvgIpc) is 2.41. The van der Waals surface area contributed by atoms with Crippen LogP contribution in [-0.2, 0) is 4.79 Å². The van der Waals surface area contributed by atoms with Crippen LogP contribution in [-0.4, -0.2) is 26.8 Å². The van der Waals surface area contributed by atoms with Gasteiger partial charge in [0.05, 0.1) is 11.4 Å². The number of nitrogens with one attached hydrogen (secondary N) is 3. The first-order chi connectivity index (χ1) is 9.95. The summed E-state index contributed by atoms with van der Waals surface area (Å²) in [6.45, 7) is 0. The maximum Gasteiger partial charge on any atom is 0.342 e. The number of anilines is 1. The van der Waals surface area contributed by atoms with E-state index in [9.17, 15) is 23.2 Å². The van der Waals surface area contributed by atoms with Crippen molar-refractivity contribution < 1.29 is 13.6 Å². The molecule has 2 aromatic rings. The second-order valence-electron chi connectivity index (χ2n) is 3.77. The molecular weight excluding hydrogens is 306 g/mol. The summed E-state index contributed by atoms with van der Waals surface area (Å²) in [6.07, 6.45) is 0. The lowest BCUT2D eigenvalue weighted by atomic mass is 10.3. The van der Waals surface area contributed by atoms with E-state index in [-0.39, 0.29) is 16.5 Å². The van der Waals surface area contributed by atoms with Crippen LogP contribution >= 0.6 is 11.8 Å². The number of H-pyrrole nitrogens is 2. The SMILES string of the molecule is O=C(CSc1n[nH]c(=O)[nH]c1=O)Nc1ccc(F)cc1F. The lowest BCUT2D eigenvalue weighted by molar-refractivity contribution is -0.113. The van der Waals surface area contributed by atoms with Crippen molar-refractivity contribution in [1.29, 1.82) is 0 Å². The number of aromatic nitrogens is 3. The van der Waals surface area contributed by atoms with Gasteiger partial charge in [0.1, 0.15) is 11.6 Å². The first kappa shape index (κ1) is 14.9. The van der Waals surface area contributed by atoms with Crippen LogP contribution in [0.5, 0.6) is 0 Å². The molecule has 0 saturated carbocycles. The number of carbonyl (C=O) groups is 1. The lowest BCUT2D eigenvalue weighted by Gasteiger charge is -2.05. The Morgan fingerprint density at radius 3 is 2.76 bits per heavy atom. The summed E-state index contributed by atoms with van der Waals surface area (Å²) in [5.74, 6) is -2.52. The van der Waals surface area contributed by atoms with Crippen LogP contribution in [0, 0.1) is 11.6 Å². The van der Waals surface area contributed by atoms with Gasteiger partial charge in [-0.1, -0.05) is 11.8 Å². The number of hydrogen-bond donors (Lipinski definition) is 3. The van der Waals surface area contributed by atoms with E-state index in [4.69, 9.17) is 0 Å². The Morgan fingerprint density at radius 2 is 2.10 bits per heavy atom. The van der Waals surface area contributed by atoms with Crippen LogP contribution in [0.2, 0.25) is 0 Å². The van der Waals surface area contributed by atoms with E-state index in [1.807, 2.05) is 10.1 Å². The molecule has 0 radical (unpaired) electrons. The summed E-state index contributed by atoms with van der Waals surface area (Å²) in [5, 5.41) is 7.60. The van der Waals surface area contributed by atoms with Crippen LogP contribution in [0.25, 0.3) is 0 Å². The third-order valence-electron chi connectivity index (χ3n) is 2.23. The van der Waals surface area contributed by atoms with Crippen molar-refractivity contribution >= 4 is 23.4 Å². The molecule has 21 heavy (non-hydrogen) atoms. The van der Waals surface area contributed by atoms with Gasteiger partial charge in [-0.15, -0.1) is 0 Å². The highest BCUT2D eigenvalue weighted by Gasteiger charge is 2.10. The molecule has 0 unspecified atom stereocenters. The Labute approximate surface area is 119 Å². The van der Waals surface area contributed by atoms with Gasteiger partial charge in [0.2, 0.25) is 5.91 Å². The monoisotopic (exact) mass is 314 g/mol. The van der Waals surface area contributed by atoms with Crippen molar-refractivity contribution in [3.8, 4) is 0 Å². The molecule has 1 amide bonds. The Kier molecular flexibility index (Phi) is 4.48. The van der Waals surface area contributed by atoms with Crippen molar-refractivity contribution in [3.63, 3.8) is 0 Å². The highest BCUT2D eigenvalue weighted by atomic mass is 32.2. The highest BCUT2D eigenvalue weighted by molar-refractivity contribution is 7.99. The van der Waals surface area contributed by atoms with Gasteiger partial charge in [-0.25, -0.2) is 18.7 Å². The van der Waals surface area contributed by atoms with Crippen LogP contribution in [0.15, 0.2) is 32.8 Å². The zero-order valence-corrected chi connectivity index (χ0v) is 11.1. The van der Waals surface area contributed by atoms with Gasteiger partial charge < -0.3 is 5.32 Å². The van der Waals surface area contributed by atoms with Gasteiger partial charge in [0, 0.05) is 6.07 Å². The minimum atomic E-state index is -0.909. The molecule has 0 aliphatic heterocycles. The van der Waals surface area contributed by atoms with Crippen LogP contribution in [0.1, 0.15) is 0 Å². The van der Waals surface area contributed by atoms with Crippen molar-refractivity contribution in [2.75, 3.05) is 11.1 Å². The molecule has 0 saturated heterocycles. The highest BCUT2D eigenvalue weighted by Crippen LogP contribution is 2.16. The van der Waals surface area contributed by atoms with Gasteiger partial charge in [-0.05, 0) is 12.1 Å². The normalized spacial score (nSPS) is 10.4. The predicted octanol–water partition coefficient (Wildman–Crippen LogP) is 0.467. The summed E-state index contributed by atoms with van der Waals surface area (Å²) >= 11 is 0.759. The molecule has 7 nitrogen and oxygen atoms in total. The van der Waals surface area contributed by atoms with E-state index >= 15 is 0 Å².